The first kappa shape index (κ1) is 19.9. The van der Waals surface area contributed by atoms with Crippen LogP contribution in [0.15, 0.2) is 9.95 Å². The smallest absolute Gasteiger partial charge is 0.263 e. The highest BCUT2D eigenvalue weighted by Crippen LogP contribution is 2.34. The maximum absolute atomic E-state index is 13.1. The standard InChI is InChI=1S/C18H23N3O4S3/c1-2-21-17(23)15-12-5-3-4-6-13(12)27-16(15)20-18(21)26-9-14(22)19-11-7-8-28(24,25)10-11/h11H,2-10H2,1H3,(H,19,22). The van der Waals surface area contributed by atoms with Crippen LogP contribution >= 0.6 is 23.1 Å². The molecule has 1 unspecified atom stereocenters. The molecule has 2 aromatic rings. The van der Waals surface area contributed by atoms with E-state index in [0.29, 0.717) is 18.1 Å². The number of thioether (sulfide) groups is 1. The highest BCUT2D eigenvalue weighted by Gasteiger charge is 2.29. The maximum atomic E-state index is 13.1. The Labute approximate surface area is 171 Å². The summed E-state index contributed by atoms with van der Waals surface area (Å²) in [5, 5.41) is 4.09. The number of sulfone groups is 1. The predicted octanol–water partition coefficient (Wildman–Crippen LogP) is 1.75. The molecule has 152 valence electrons. The lowest BCUT2D eigenvalue weighted by molar-refractivity contribution is -0.119. The quantitative estimate of drug-likeness (QED) is 0.561. The molecule has 2 aromatic heterocycles. The minimum absolute atomic E-state index is 0.00797. The van der Waals surface area contributed by atoms with Gasteiger partial charge < -0.3 is 5.32 Å². The fraction of sp³-hybridized carbons (Fsp3) is 0.611. The lowest BCUT2D eigenvalue weighted by Gasteiger charge is -2.13. The van der Waals surface area contributed by atoms with Crippen molar-refractivity contribution in [1.29, 1.82) is 0 Å². The van der Waals surface area contributed by atoms with Gasteiger partial charge in [-0.3, -0.25) is 14.2 Å². The maximum Gasteiger partial charge on any atom is 0.263 e. The van der Waals surface area contributed by atoms with Crippen molar-refractivity contribution < 1.29 is 13.2 Å². The summed E-state index contributed by atoms with van der Waals surface area (Å²) < 4.78 is 24.7. The summed E-state index contributed by atoms with van der Waals surface area (Å²) in [6.45, 7) is 2.40. The zero-order valence-corrected chi connectivity index (χ0v) is 18.1. The molecule has 1 atom stereocenters. The minimum Gasteiger partial charge on any atom is -0.352 e. The first-order valence-electron chi connectivity index (χ1n) is 9.55. The first-order valence-corrected chi connectivity index (χ1v) is 13.2. The fourth-order valence-corrected chi connectivity index (χ4v) is 7.77. The van der Waals surface area contributed by atoms with Crippen LogP contribution in [0.5, 0.6) is 0 Å². The minimum atomic E-state index is -3.03. The summed E-state index contributed by atoms with van der Waals surface area (Å²) in [5.41, 5.74) is 1.15. The van der Waals surface area contributed by atoms with Crippen LogP contribution in [0.25, 0.3) is 10.2 Å². The third kappa shape index (κ3) is 3.86. The molecule has 7 nitrogen and oxygen atoms in total. The molecule has 0 saturated carbocycles. The summed E-state index contributed by atoms with van der Waals surface area (Å²) in [7, 11) is -3.03. The fourth-order valence-electron chi connectivity index (χ4n) is 3.92. The van der Waals surface area contributed by atoms with Crippen molar-refractivity contribution in [3.63, 3.8) is 0 Å². The Morgan fingerprint density at radius 2 is 2.14 bits per heavy atom. The van der Waals surface area contributed by atoms with Gasteiger partial charge in [0.15, 0.2) is 15.0 Å². The highest BCUT2D eigenvalue weighted by atomic mass is 32.2. The van der Waals surface area contributed by atoms with Crippen LogP contribution in [-0.2, 0) is 34.0 Å². The largest absolute Gasteiger partial charge is 0.352 e. The molecule has 4 rings (SSSR count). The summed E-state index contributed by atoms with van der Waals surface area (Å²) in [6, 6.07) is -0.314. The number of amides is 1. The normalized spacial score (nSPS) is 21.0. The number of aromatic nitrogens is 2. The number of thiophene rings is 1. The van der Waals surface area contributed by atoms with Crippen molar-refractivity contribution >= 4 is 49.1 Å². The Morgan fingerprint density at radius 3 is 2.86 bits per heavy atom. The van der Waals surface area contributed by atoms with Crippen LogP contribution in [0.2, 0.25) is 0 Å². The molecule has 28 heavy (non-hydrogen) atoms. The van der Waals surface area contributed by atoms with Gasteiger partial charge in [0, 0.05) is 17.5 Å². The van der Waals surface area contributed by atoms with E-state index in [9.17, 15) is 18.0 Å². The molecular formula is C18H23N3O4S3. The molecule has 0 bridgehead atoms. The van der Waals surface area contributed by atoms with E-state index in [4.69, 9.17) is 4.98 Å². The number of fused-ring (bicyclic) bond motifs is 3. The van der Waals surface area contributed by atoms with Gasteiger partial charge in [0.1, 0.15) is 4.83 Å². The summed E-state index contributed by atoms with van der Waals surface area (Å²) in [5.74, 6) is 0.0181. The van der Waals surface area contributed by atoms with Gasteiger partial charge in [-0.2, -0.15) is 0 Å². The Balaban J connectivity index is 1.53. The van der Waals surface area contributed by atoms with Crippen LogP contribution in [0.4, 0.5) is 0 Å². The molecule has 3 heterocycles. The zero-order valence-electron chi connectivity index (χ0n) is 15.7. The number of carbonyl (C=O) groups is 1. The molecule has 1 aliphatic carbocycles. The molecule has 2 aliphatic rings. The van der Waals surface area contributed by atoms with Gasteiger partial charge in [-0.1, -0.05) is 11.8 Å². The molecule has 1 N–H and O–H groups in total. The Morgan fingerprint density at radius 1 is 1.36 bits per heavy atom. The number of hydrogen-bond acceptors (Lipinski definition) is 7. The summed E-state index contributed by atoms with van der Waals surface area (Å²) in [6.07, 6.45) is 4.67. The number of aryl methyl sites for hydroxylation is 2. The monoisotopic (exact) mass is 441 g/mol. The molecule has 1 saturated heterocycles. The number of hydrogen-bond donors (Lipinski definition) is 1. The molecule has 0 aromatic carbocycles. The third-order valence-corrected chi connectivity index (χ3v) is 9.22. The molecule has 1 aliphatic heterocycles. The third-order valence-electron chi connectivity index (χ3n) is 5.29. The van der Waals surface area contributed by atoms with E-state index >= 15 is 0 Å². The Hall–Kier alpha value is -1.39. The number of carbonyl (C=O) groups excluding carboxylic acids is 1. The highest BCUT2D eigenvalue weighted by molar-refractivity contribution is 7.99. The average molecular weight is 442 g/mol. The number of nitrogens with one attached hydrogen (secondary N) is 1. The van der Waals surface area contributed by atoms with Gasteiger partial charge >= 0.3 is 0 Å². The van der Waals surface area contributed by atoms with Crippen molar-refractivity contribution in [3.8, 4) is 0 Å². The topological polar surface area (TPSA) is 98.1 Å². The second kappa shape index (κ2) is 7.79. The van der Waals surface area contributed by atoms with Gasteiger partial charge in [-0.05, 0) is 44.6 Å². The van der Waals surface area contributed by atoms with Crippen molar-refractivity contribution in [1.82, 2.24) is 14.9 Å². The van der Waals surface area contributed by atoms with Crippen LogP contribution < -0.4 is 10.9 Å². The lowest BCUT2D eigenvalue weighted by atomic mass is 9.97. The number of nitrogens with zero attached hydrogens (tertiary/aromatic N) is 2. The predicted molar refractivity (Wildman–Crippen MR) is 112 cm³/mol. The van der Waals surface area contributed by atoms with Gasteiger partial charge in [0.05, 0.1) is 22.6 Å². The molecule has 1 fully saturated rings. The molecule has 0 radical (unpaired) electrons. The Bertz CT molecular complexity index is 1090. The van der Waals surface area contributed by atoms with E-state index in [0.717, 1.165) is 35.9 Å². The van der Waals surface area contributed by atoms with Gasteiger partial charge in [0.25, 0.3) is 5.56 Å². The van der Waals surface area contributed by atoms with E-state index < -0.39 is 9.84 Å². The van der Waals surface area contributed by atoms with Crippen molar-refractivity contribution in [2.75, 3.05) is 17.3 Å². The van der Waals surface area contributed by atoms with Crippen molar-refractivity contribution in [2.45, 2.75) is 56.8 Å². The van der Waals surface area contributed by atoms with Crippen LogP contribution in [0.3, 0.4) is 0 Å². The van der Waals surface area contributed by atoms with Crippen LogP contribution in [0.1, 0.15) is 36.6 Å². The van der Waals surface area contributed by atoms with E-state index in [1.165, 1.54) is 22.2 Å². The van der Waals surface area contributed by atoms with Crippen LogP contribution in [-0.4, -0.2) is 47.2 Å². The zero-order chi connectivity index (χ0) is 19.9. The van der Waals surface area contributed by atoms with Crippen LogP contribution in [0, 0.1) is 0 Å². The van der Waals surface area contributed by atoms with E-state index in [2.05, 4.69) is 5.32 Å². The number of rotatable bonds is 5. The van der Waals surface area contributed by atoms with E-state index in [1.807, 2.05) is 6.92 Å². The molecule has 10 heteroatoms. The van der Waals surface area contributed by atoms with Gasteiger partial charge in [-0.15, -0.1) is 11.3 Å². The first-order chi connectivity index (χ1) is 13.4. The molecule has 0 spiro atoms. The average Bonchev–Trinajstić information content (AvgIpc) is 3.19. The van der Waals surface area contributed by atoms with Crippen molar-refractivity contribution in [2.24, 2.45) is 0 Å². The lowest BCUT2D eigenvalue weighted by Crippen LogP contribution is -2.36. The second-order valence-electron chi connectivity index (χ2n) is 7.29. The molecule has 1 amide bonds. The summed E-state index contributed by atoms with van der Waals surface area (Å²) >= 11 is 2.84. The summed E-state index contributed by atoms with van der Waals surface area (Å²) in [4.78, 5) is 32.1. The molecular weight excluding hydrogens is 418 g/mol. The second-order valence-corrected chi connectivity index (χ2v) is 11.5. The van der Waals surface area contributed by atoms with E-state index in [1.54, 1.807) is 15.9 Å². The van der Waals surface area contributed by atoms with E-state index in [-0.39, 0.29) is 34.8 Å². The Kier molecular flexibility index (Phi) is 5.54. The van der Waals surface area contributed by atoms with Gasteiger partial charge in [0.2, 0.25) is 5.91 Å². The van der Waals surface area contributed by atoms with Gasteiger partial charge in [-0.25, -0.2) is 13.4 Å². The SMILES string of the molecule is CCn1c(SCC(=O)NC2CCS(=O)(=O)C2)nc2sc3c(c2c1=O)CCCC3. The van der Waals surface area contributed by atoms with Crippen molar-refractivity contribution in [3.05, 3.63) is 20.8 Å².